The molecule has 0 radical (unpaired) electrons. The van der Waals surface area contributed by atoms with Gasteiger partial charge in [0.25, 0.3) is 0 Å². The van der Waals surface area contributed by atoms with E-state index in [1.807, 2.05) is 0 Å². The Labute approximate surface area is 386 Å². The largest absolute Gasteiger partial charge is 0.462 e. The monoisotopic (exact) mass is 875 g/mol. The van der Waals surface area contributed by atoms with Crippen LogP contribution in [0.3, 0.4) is 0 Å². The van der Waals surface area contributed by atoms with Gasteiger partial charge in [-0.2, -0.15) is 0 Å². The predicted octanol–water partition coefficient (Wildman–Crippen LogP) is 18.2. The van der Waals surface area contributed by atoms with E-state index < -0.39 is 6.10 Å². The number of esters is 3. The molecule has 0 saturated heterocycles. The third-order valence-corrected chi connectivity index (χ3v) is 12.5. The van der Waals surface area contributed by atoms with Gasteiger partial charge in [0.1, 0.15) is 13.2 Å². The number of carbonyl (C=O) groups is 3. The van der Waals surface area contributed by atoms with Gasteiger partial charge in [-0.05, 0) is 44.9 Å². The predicted molar refractivity (Wildman–Crippen MR) is 266 cm³/mol. The van der Waals surface area contributed by atoms with E-state index in [2.05, 4.69) is 32.9 Å². The van der Waals surface area contributed by atoms with E-state index in [9.17, 15) is 14.4 Å². The maximum absolute atomic E-state index is 12.8. The molecule has 6 nitrogen and oxygen atoms in total. The van der Waals surface area contributed by atoms with Crippen molar-refractivity contribution < 1.29 is 28.6 Å². The molecule has 0 rings (SSSR count). The molecule has 0 aromatic rings. The Morgan fingerprint density at radius 1 is 0.306 bits per heavy atom. The van der Waals surface area contributed by atoms with Gasteiger partial charge in [-0.3, -0.25) is 14.4 Å². The molecule has 1 atom stereocenters. The first-order valence-corrected chi connectivity index (χ1v) is 27.7. The first-order valence-electron chi connectivity index (χ1n) is 27.7. The van der Waals surface area contributed by atoms with Crippen molar-refractivity contribution in [1.29, 1.82) is 0 Å². The highest BCUT2D eigenvalue weighted by Gasteiger charge is 2.19. The van der Waals surface area contributed by atoms with Crippen molar-refractivity contribution in [3.05, 3.63) is 12.2 Å². The van der Waals surface area contributed by atoms with Crippen LogP contribution < -0.4 is 0 Å². The van der Waals surface area contributed by atoms with Crippen LogP contribution in [0.2, 0.25) is 0 Å². The Hall–Kier alpha value is -1.85. The molecular weight excluding hydrogens is 769 g/mol. The number of ether oxygens (including phenoxy) is 3. The van der Waals surface area contributed by atoms with E-state index in [4.69, 9.17) is 14.2 Å². The minimum atomic E-state index is -0.769. The molecule has 0 amide bonds. The lowest BCUT2D eigenvalue weighted by Crippen LogP contribution is -2.30. The number of hydrogen-bond donors (Lipinski definition) is 0. The summed E-state index contributed by atoms with van der Waals surface area (Å²) in [6.45, 7) is 6.67. The Kier molecular flexibility index (Phi) is 50.2. The quantitative estimate of drug-likeness (QED) is 0.0262. The molecule has 0 aromatic carbocycles. The molecule has 6 heteroatoms. The summed E-state index contributed by atoms with van der Waals surface area (Å²) in [6, 6.07) is 0. The van der Waals surface area contributed by atoms with Crippen LogP contribution in [0.5, 0.6) is 0 Å². The van der Waals surface area contributed by atoms with Gasteiger partial charge in [-0.25, -0.2) is 0 Å². The summed E-state index contributed by atoms with van der Waals surface area (Å²) >= 11 is 0. The molecular formula is C56H106O6. The summed E-state index contributed by atoms with van der Waals surface area (Å²) in [6.07, 6.45) is 57.7. The molecule has 0 spiro atoms. The van der Waals surface area contributed by atoms with E-state index in [0.29, 0.717) is 19.3 Å². The van der Waals surface area contributed by atoms with Crippen LogP contribution in [0, 0.1) is 0 Å². The molecule has 0 aliphatic heterocycles. The van der Waals surface area contributed by atoms with Gasteiger partial charge in [-0.1, -0.05) is 258 Å². The average Bonchev–Trinajstić information content (AvgIpc) is 3.27. The van der Waals surface area contributed by atoms with Gasteiger partial charge in [0.15, 0.2) is 6.10 Å². The zero-order valence-electron chi connectivity index (χ0n) is 41.9. The fourth-order valence-electron chi connectivity index (χ4n) is 8.32. The average molecular weight is 875 g/mol. The molecule has 0 aromatic heterocycles. The molecule has 62 heavy (non-hydrogen) atoms. The van der Waals surface area contributed by atoms with Crippen LogP contribution in [0.15, 0.2) is 12.2 Å². The maximum atomic E-state index is 12.8. The number of carbonyl (C=O) groups excluding carboxylic acids is 3. The summed E-state index contributed by atoms with van der Waals surface area (Å²) in [5.74, 6) is -0.864. The number of hydrogen-bond acceptors (Lipinski definition) is 6. The van der Waals surface area contributed by atoms with Gasteiger partial charge in [0.05, 0.1) is 0 Å². The standard InChI is InChI=1S/C56H106O6/c1-4-7-10-13-16-19-22-25-27-28-29-32-34-37-40-43-46-49-55(58)61-52-53(51-60-54(57)48-45-42-39-36-33-30-24-21-18-15-12-9-6-3)62-56(59)50-47-44-41-38-35-31-26-23-20-17-14-11-8-5-2/h30,33,53H,4-29,31-32,34-52H2,1-3H3/b33-30-. The normalized spacial score (nSPS) is 12.0. The van der Waals surface area contributed by atoms with Crippen molar-refractivity contribution in [3.8, 4) is 0 Å². The number of rotatable bonds is 51. The second-order valence-corrected chi connectivity index (χ2v) is 18.9. The molecule has 0 heterocycles. The fraction of sp³-hybridized carbons (Fsp3) is 0.911. The van der Waals surface area contributed by atoms with Gasteiger partial charge in [0.2, 0.25) is 0 Å². The summed E-state index contributed by atoms with van der Waals surface area (Å²) in [5, 5.41) is 0. The third kappa shape index (κ3) is 49.2. The molecule has 0 aliphatic rings. The maximum Gasteiger partial charge on any atom is 0.306 e. The summed E-state index contributed by atoms with van der Waals surface area (Å²) in [7, 11) is 0. The molecule has 0 N–H and O–H groups in total. The topological polar surface area (TPSA) is 78.9 Å². The Balaban J connectivity index is 4.31. The van der Waals surface area contributed by atoms with E-state index in [1.165, 1.54) is 205 Å². The lowest BCUT2D eigenvalue weighted by atomic mass is 10.0. The highest BCUT2D eigenvalue weighted by atomic mass is 16.6. The van der Waals surface area contributed by atoms with Gasteiger partial charge in [-0.15, -0.1) is 0 Å². The molecule has 0 saturated carbocycles. The van der Waals surface area contributed by atoms with Crippen molar-refractivity contribution in [1.82, 2.24) is 0 Å². The van der Waals surface area contributed by atoms with Crippen LogP contribution >= 0.6 is 0 Å². The van der Waals surface area contributed by atoms with Crippen LogP contribution in [-0.2, 0) is 28.6 Å². The summed E-state index contributed by atoms with van der Waals surface area (Å²) in [4.78, 5) is 38.0. The van der Waals surface area contributed by atoms with Crippen LogP contribution in [-0.4, -0.2) is 37.2 Å². The smallest absolute Gasteiger partial charge is 0.306 e. The zero-order valence-corrected chi connectivity index (χ0v) is 41.9. The van der Waals surface area contributed by atoms with E-state index >= 15 is 0 Å². The first-order chi connectivity index (χ1) is 30.5. The lowest BCUT2D eigenvalue weighted by molar-refractivity contribution is -0.167. The zero-order chi connectivity index (χ0) is 45.1. The van der Waals surface area contributed by atoms with Crippen LogP contribution in [0.4, 0.5) is 0 Å². The van der Waals surface area contributed by atoms with Crippen LogP contribution in [0.1, 0.15) is 310 Å². The van der Waals surface area contributed by atoms with Crippen LogP contribution in [0.25, 0.3) is 0 Å². The van der Waals surface area contributed by atoms with E-state index in [-0.39, 0.29) is 31.1 Å². The number of allylic oxidation sites excluding steroid dienone is 2. The Morgan fingerprint density at radius 2 is 0.532 bits per heavy atom. The van der Waals surface area contributed by atoms with Crippen molar-refractivity contribution in [2.24, 2.45) is 0 Å². The third-order valence-electron chi connectivity index (χ3n) is 12.5. The van der Waals surface area contributed by atoms with Gasteiger partial charge >= 0.3 is 17.9 Å². The van der Waals surface area contributed by atoms with E-state index in [1.54, 1.807) is 0 Å². The molecule has 0 fully saturated rings. The minimum Gasteiger partial charge on any atom is -0.462 e. The van der Waals surface area contributed by atoms with Crippen molar-refractivity contribution in [2.45, 2.75) is 316 Å². The second-order valence-electron chi connectivity index (χ2n) is 18.9. The van der Waals surface area contributed by atoms with Crippen molar-refractivity contribution in [2.75, 3.05) is 13.2 Å². The number of unbranched alkanes of at least 4 members (excludes halogenated alkanes) is 38. The lowest BCUT2D eigenvalue weighted by Gasteiger charge is -2.18. The van der Waals surface area contributed by atoms with Crippen molar-refractivity contribution >= 4 is 17.9 Å². The summed E-state index contributed by atoms with van der Waals surface area (Å²) < 4.78 is 16.8. The Bertz CT molecular complexity index is 962. The molecule has 0 bridgehead atoms. The van der Waals surface area contributed by atoms with Gasteiger partial charge < -0.3 is 14.2 Å². The highest BCUT2D eigenvalue weighted by Crippen LogP contribution is 2.17. The highest BCUT2D eigenvalue weighted by molar-refractivity contribution is 5.71. The first kappa shape index (κ1) is 60.2. The SMILES string of the molecule is CCCCCCCC/C=C\CCCCCC(=O)OCC(COC(=O)CCCCCCCCCCCCCCCCCCC)OC(=O)CCCCCCCCCCCCCCCC. The molecule has 366 valence electrons. The second kappa shape index (κ2) is 51.8. The Morgan fingerprint density at radius 3 is 0.823 bits per heavy atom. The van der Waals surface area contributed by atoms with E-state index in [0.717, 1.165) is 64.2 Å². The molecule has 1 unspecified atom stereocenters. The van der Waals surface area contributed by atoms with Gasteiger partial charge in [0, 0.05) is 19.3 Å². The van der Waals surface area contributed by atoms with Crippen molar-refractivity contribution in [3.63, 3.8) is 0 Å². The summed E-state index contributed by atoms with van der Waals surface area (Å²) in [5.41, 5.74) is 0. The minimum absolute atomic E-state index is 0.0688. The molecule has 0 aliphatic carbocycles. The fourth-order valence-corrected chi connectivity index (χ4v) is 8.32.